The fraction of sp³-hybridized carbons (Fsp3) is 0.222. The smallest absolute Gasteiger partial charge is 0.134 e. The molecule has 0 aliphatic heterocycles. The van der Waals surface area contributed by atoms with Crippen LogP contribution in [0.25, 0.3) is 11.0 Å². The summed E-state index contributed by atoms with van der Waals surface area (Å²) in [4.78, 5) is 0. The van der Waals surface area contributed by atoms with Gasteiger partial charge in [0.25, 0.3) is 0 Å². The minimum absolute atomic E-state index is 1.000. The Morgan fingerprint density at radius 3 is 2.42 bits per heavy atom. The van der Waals surface area contributed by atoms with Gasteiger partial charge in [0.05, 0.1) is 0 Å². The minimum Gasteiger partial charge on any atom is -0.461 e. The lowest BCUT2D eigenvalue weighted by Gasteiger charge is -2.05. The van der Waals surface area contributed by atoms with Crippen LogP contribution in [-0.2, 0) is 12.8 Å². The summed E-state index contributed by atoms with van der Waals surface area (Å²) in [6, 6.07) is 16.9. The van der Waals surface area contributed by atoms with Crippen LogP contribution in [-0.4, -0.2) is 0 Å². The second-order valence-electron chi connectivity index (χ2n) is 5.06. The molecule has 3 aromatic rings. The van der Waals surface area contributed by atoms with Gasteiger partial charge in [-0.3, -0.25) is 0 Å². The van der Waals surface area contributed by atoms with Crippen molar-refractivity contribution in [2.24, 2.45) is 0 Å². The van der Waals surface area contributed by atoms with E-state index in [1.165, 1.54) is 22.1 Å². The maximum Gasteiger partial charge on any atom is 0.134 e. The molecule has 1 heterocycles. The molecule has 0 bridgehead atoms. The Balaban J connectivity index is 1.90. The van der Waals surface area contributed by atoms with Gasteiger partial charge in [-0.2, -0.15) is 0 Å². The summed E-state index contributed by atoms with van der Waals surface area (Å²) in [6.45, 7) is 4.24. The number of para-hydroxylation sites is 1. The van der Waals surface area contributed by atoms with E-state index >= 15 is 0 Å². The first kappa shape index (κ1) is 12.0. The van der Waals surface area contributed by atoms with Crippen molar-refractivity contribution in [2.45, 2.75) is 26.7 Å². The van der Waals surface area contributed by atoms with Gasteiger partial charge in [0.2, 0.25) is 0 Å². The molecule has 0 unspecified atom stereocenters. The molecule has 0 amide bonds. The van der Waals surface area contributed by atoms with E-state index in [1.54, 1.807) is 0 Å². The summed E-state index contributed by atoms with van der Waals surface area (Å²) in [5, 5.41) is 1.26. The zero-order valence-electron chi connectivity index (χ0n) is 11.4. The maximum absolute atomic E-state index is 5.82. The highest BCUT2D eigenvalue weighted by Crippen LogP contribution is 2.26. The molecule has 0 radical (unpaired) electrons. The molecular formula is C18H18O. The van der Waals surface area contributed by atoms with Crippen molar-refractivity contribution in [3.05, 3.63) is 71.0 Å². The number of aryl methyl sites for hydroxylation is 4. The molecule has 0 atom stereocenters. The Kier molecular flexibility index (Phi) is 3.12. The summed E-state index contributed by atoms with van der Waals surface area (Å²) in [5.74, 6) is 1.05. The normalized spacial score (nSPS) is 11.1. The van der Waals surface area contributed by atoms with Gasteiger partial charge in [-0.1, -0.05) is 42.5 Å². The SMILES string of the molecule is Cc1ccccc1CCc1c(C)oc2ccccc12. The Hall–Kier alpha value is -2.02. The first-order valence-corrected chi connectivity index (χ1v) is 6.77. The van der Waals surface area contributed by atoms with Crippen LogP contribution >= 0.6 is 0 Å². The van der Waals surface area contributed by atoms with Crippen LogP contribution in [0.15, 0.2) is 52.9 Å². The molecule has 0 aliphatic carbocycles. The third kappa shape index (κ3) is 2.28. The van der Waals surface area contributed by atoms with Crippen molar-refractivity contribution in [3.63, 3.8) is 0 Å². The fourth-order valence-electron chi connectivity index (χ4n) is 2.68. The van der Waals surface area contributed by atoms with Crippen molar-refractivity contribution in [1.82, 2.24) is 0 Å². The number of fused-ring (bicyclic) bond motifs is 1. The van der Waals surface area contributed by atoms with Crippen molar-refractivity contribution >= 4 is 11.0 Å². The van der Waals surface area contributed by atoms with Crippen LogP contribution in [0.3, 0.4) is 0 Å². The zero-order valence-corrected chi connectivity index (χ0v) is 11.4. The van der Waals surface area contributed by atoms with E-state index in [-0.39, 0.29) is 0 Å². The quantitative estimate of drug-likeness (QED) is 0.648. The second kappa shape index (κ2) is 4.93. The number of benzene rings is 2. The van der Waals surface area contributed by atoms with E-state index in [2.05, 4.69) is 50.2 Å². The predicted octanol–water partition coefficient (Wildman–Crippen LogP) is 4.83. The Bertz CT molecular complexity index is 707. The average Bonchev–Trinajstić information content (AvgIpc) is 2.74. The maximum atomic E-state index is 5.82. The lowest BCUT2D eigenvalue weighted by Crippen LogP contribution is -1.94. The minimum atomic E-state index is 1.000. The standard InChI is InChI=1S/C18H18O/c1-13-7-3-4-8-15(13)11-12-16-14(2)19-18-10-6-5-9-17(16)18/h3-10H,11-12H2,1-2H3. The van der Waals surface area contributed by atoms with Crippen LogP contribution in [0.1, 0.15) is 22.5 Å². The molecule has 0 saturated carbocycles. The molecule has 1 aromatic heterocycles. The molecule has 0 saturated heterocycles. The molecule has 0 aliphatic rings. The van der Waals surface area contributed by atoms with Crippen LogP contribution < -0.4 is 0 Å². The topological polar surface area (TPSA) is 13.1 Å². The number of rotatable bonds is 3. The molecule has 19 heavy (non-hydrogen) atoms. The van der Waals surface area contributed by atoms with Gasteiger partial charge in [-0.15, -0.1) is 0 Å². The fourth-order valence-corrected chi connectivity index (χ4v) is 2.68. The summed E-state index contributed by atoms with van der Waals surface area (Å²) >= 11 is 0. The molecule has 3 rings (SSSR count). The summed E-state index contributed by atoms with van der Waals surface area (Å²) in [6.07, 6.45) is 2.10. The van der Waals surface area contributed by atoms with Crippen LogP contribution in [0.4, 0.5) is 0 Å². The van der Waals surface area contributed by atoms with E-state index in [0.29, 0.717) is 0 Å². The summed E-state index contributed by atoms with van der Waals surface area (Å²) in [5.41, 5.74) is 5.14. The molecular weight excluding hydrogens is 232 g/mol. The van der Waals surface area contributed by atoms with Gasteiger partial charge >= 0.3 is 0 Å². The summed E-state index contributed by atoms with van der Waals surface area (Å²) in [7, 11) is 0. The monoisotopic (exact) mass is 250 g/mol. The Morgan fingerprint density at radius 1 is 0.842 bits per heavy atom. The molecule has 0 spiro atoms. The number of hydrogen-bond acceptors (Lipinski definition) is 1. The highest BCUT2D eigenvalue weighted by atomic mass is 16.3. The highest BCUT2D eigenvalue weighted by molar-refractivity contribution is 5.82. The molecule has 1 heteroatoms. The zero-order chi connectivity index (χ0) is 13.2. The van der Waals surface area contributed by atoms with Gasteiger partial charge in [0.1, 0.15) is 11.3 Å². The molecule has 2 aromatic carbocycles. The van der Waals surface area contributed by atoms with Crippen molar-refractivity contribution < 1.29 is 4.42 Å². The van der Waals surface area contributed by atoms with Gasteiger partial charge in [0, 0.05) is 10.9 Å². The number of furan rings is 1. The average molecular weight is 250 g/mol. The van der Waals surface area contributed by atoms with E-state index < -0.39 is 0 Å². The van der Waals surface area contributed by atoms with Crippen LogP contribution in [0.5, 0.6) is 0 Å². The lowest BCUT2D eigenvalue weighted by atomic mass is 9.99. The first-order chi connectivity index (χ1) is 9.25. The molecule has 0 N–H and O–H groups in total. The van der Waals surface area contributed by atoms with Gasteiger partial charge in [-0.05, 0) is 43.9 Å². The lowest BCUT2D eigenvalue weighted by molar-refractivity contribution is 0.571. The predicted molar refractivity (Wildman–Crippen MR) is 79.5 cm³/mol. The molecule has 0 fully saturated rings. The van der Waals surface area contributed by atoms with E-state index in [1.807, 2.05) is 12.1 Å². The first-order valence-electron chi connectivity index (χ1n) is 6.77. The van der Waals surface area contributed by atoms with Crippen molar-refractivity contribution in [3.8, 4) is 0 Å². The van der Waals surface area contributed by atoms with E-state index in [4.69, 9.17) is 4.42 Å². The van der Waals surface area contributed by atoms with Crippen molar-refractivity contribution in [1.29, 1.82) is 0 Å². The number of hydrogen-bond donors (Lipinski definition) is 0. The van der Waals surface area contributed by atoms with Crippen LogP contribution in [0.2, 0.25) is 0 Å². The summed E-state index contributed by atoms with van der Waals surface area (Å²) < 4.78 is 5.82. The third-order valence-electron chi connectivity index (χ3n) is 3.81. The van der Waals surface area contributed by atoms with Crippen molar-refractivity contribution in [2.75, 3.05) is 0 Å². The van der Waals surface area contributed by atoms with E-state index in [0.717, 1.165) is 24.2 Å². The Morgan fingerprint density at radius 2 is 1.58 bits per heavy atom. The third-order valence-corrected chi connectivity index (χ3v) is 3.81. The second-order valence-corrected chi connectivity index (χ2v) is 5.06. The van der Waals surface area contributed by atoms with Gasteiger partial charge < -0.3 is 4.42 Å². The van der Waals surface area contributed by atoms with Crippen LogP contribution in [0, 0.1) is 13.8 Å². The van der Waals surface area contributed by atoms with E-state index in [9.17, 15) is 0 Å². The molecule has 1 nitrogen and oxygen atoms in total. The largest absolute Gasteiger partial charge is 0.461 e. The van der Waals surface area contributed by atoms with Gasteiger partial charge in [-0.25, -0.2) is 0 Å². The van der Waals surface area contributed by atoms with Gasteiger partial charge in [0.15, 0.2) is 0 Å². The molecule has 96 valence electrons. The highest BCUT2D eigenvalue weighted by Gasteiger charge is 2.10. The Labute approximate surface area is 113 Å².